The van der Waals surface area contributed by atoms with Crippen LogP contribution >= 0.6 is 11.3 Å². The second kappa shape index (κ2) is 6.40. The zero-order valence-corrected chi connectivity index (χ0v) is 13.6. The highest BCUT2D eigenvalue weighted by Crippen LogP contribution is 2.37. The van der Waals surface area contributed by atoms with E-state index in [1.54, 1.807) is 11.3 Å². The molecule has 1 aliphatic rings. The molecule has 0 aliphatic carbocycles. The summed E-state index contributed by atoms with van der Waals surface area (Å²) < 4.78 is 10.7. The topological polar surface area (TPSA) is 38.8 Å². The van der Waals surface area contributed by atoms with E-state index in [1.165, 1.54) is 0 Å². The van der Waals surface area contributed by atoms with Gasteiger partial charge in [0.1, 0.15) is 0 Å². The molecule has 0 N–H and O–H groups in total. The van der Waals surface area contributed by atoms with Gasteiger partial charge in [-0.05, 0) is 43.2 Å². The molecule has 0 saturated heterocycles. The molecule has 0 atom stereocenters. The van der Waals surface area contributed by atoms with Crippen molar-refractivity contribution in [1.82, 2.24) is 4.90 Å². The largest absolute Gasteiger partial charge is 0.454 e. The number of hydrogen-bond acceptors (Lipinski definition) is 4. The maximum Gasteiger partial charge on any atom is 0.254 e. The van der Waals surface area contributed by atoms with Crippen molar-refractivity contribution in [2.75, 3.05) is 19.9 Å². The number of nitrogens with zero attached hydrogens (tertiary/aromatic N) is 1. The van der Waals surface area contributed by atoms with Crippen LogP contribution < -0.4 is 9.47 Å². The van der Waals surface area contributed by atoms with Gasteiger partial charge >= 0.3 is 0 Å². The Morgan fingerprint density at radius 1 is 1.23 bits per heavy atom. The highest BCUT2D eigenvalue weighted by Gasteiger charge is 2.18. The molecule has 1 aromatic carbocycles. The van der Waals surface area contributed by atoms with Gasteiger partial charge in [0.15, 0.2) is 11.5 Å². The van der Waals surface area contributed by atoms with Gasteiger partial charge in [-0.25, -0.2) is 0 Å². The normalized spacial score (nSPS) is 12.5. The number of amides is 1. The Morgan fingerprint density at radius 2 is 2.05 bits per heavy atom. The molecule has 3 rings (SSSR count). The van der Waals surface area contributed by atoms with E-state index in [1.807, 2.05) is 41.5 Å². The Bertz CT molecular complexity index is 680. The van der Waals surface area contributed by atoms with Crippen molar-refractivity contribution in [2.24, 2.45) is 0 Å². The SMILES string of the molecule is CCCN(CC)C(=O)c1csc(-c2ccc3c(c2)OCO3)c1. The summed E-state index contributed by atoms with van der Waals surface area (Å²) in [6.45, 7) is 5.90. The summed E-state index contributed by atoms with van der Waals surface area (Å²) in [6, 6.07) is 7.83. The van der Waals surface area contributed by atoms with Crippen molar-refractivity contribution in [1.29, 1.82) is 0 Å². The maximum absolute atomic E-state index is 12.5. The van der Waals surface area contributed by atoms with Crippen LogP contribution in [0, 0.1) is 0 Å². The monoisotopic (exact) mass is 317 g/mol. The molecule has 0 unspecified atom stereocenters. The molecule has 0 saturated carbocycles. The van der Waals surface area contributed by atoms with E-state index in [9.17, 15) is 4.79 Å². The van der Waals surface area contributed by atoms with E-state index in [2.05, 4.69) is 6.92 Å². The molecule has 4 nitrogen and oxygen atoms in total. The molecular weight excluding hydrogens is 298 g/mol. The Labute approximate surface area is 134 Å². The molecule has 0 radical (unpaired) electrons. The first-order chi connectivity index (χ1) is 10.7. The molecule has 1 amide bonds. The van der Waals surface area contributed by atoms with Crippen LogP contribution in [-0.2, 0) is 0 Å². The molecule has 5 heteroatoms. The van der Waals surface area contributed by atoms with Gasteiger partial charge in [-0.2, -0.15) is 0 Å². The van der Waals surface area contributed by atoms with Crippen molar-refractivity contribution in [3.63, 3.8) is 0 Å². The predicted octanol–water partition coefficient (Wildman–Crippen LogP) is 4.02. The zero-order valence-electron chi connectivity index (χ0n) is 12.8. The van der Waals surface area contributed by atoms with Gasteiger partial charge in [-0.15, -0.1) is 11.3 Å². The molecular formula is C17H19NO3S. The molecule has 0 spiro atoms. The fourth-order valence-corrected chi connectivity index (χ4v) is 3.39. The molecule has 2 aromatic rings. The summed E-state index contributed by atoms with van der Waals surface area (Å²) in [6.07, 6.45) is 0.971. The fourth-order valence-electron chi connectivity index (χ4n) is 2.51. The number of thiophene rings is 1. The average Bonchev–Trinajstić information content (AvgIpc) is 3.19. The lowest BCUT2D eigenvalue weighted by Gasteiger charge is -2.19. The third-order valence-corrected chi connectivity index (χ3v) is 4.65. The van der Waals surface area contributed by atoms with Crippen LogP contribution in [0.5, 0.6) is 11.5 Å². The van der Waals surface area contributed by atoms with Crippen molar-refractivity contribution in [3.05, 3.63) is 35.2 Å². The van der Waals surface area contributed by atoms with Crippen LogP contribution in [0.1, 0.15) is 30.6 Å². The van der Waals surface area contributed by atoms with Gasteiger partial charge in [-0.3, -0.25) is 4.79 Å². The number of carbonyl (C=O) groups is 1. The number of hydrogen-bond donors (Lipinski definition) is 0. The zero-order chi connectivity index (χ0) is 15.5. The van der Waals surface area contributed by atoms with Gasteiger partial charge < -0.3 is 14.4 Å². The Hall–Kier alpha value is -2.01. The summed E-state index contributed by atoms with van der Waals surface area (Å²) >= 11 is 1.58. The Balaban J connectivity index is 1.83. The number of fused-ring (bicyclic) bond motifs is 1. The minimum absolute atomic E-state index is 0.104. The second-order valence-electron chi connectivity index (χ2n) is 5.15. The fraction of sp³-hybridized carbons (Fsp3) is 0.353. The standard InChI is InChI=1S/C17H19NO3S/c1-3-7-18(4-2)17(19)13-9-16(22-10-13)12-5-6-14-15(8-12)21-11-20-14/h5-6,8-10H,3-4,7,11H2,1-2H3. The average molecular weight is 317 g/mol. The lowest BCUT2D eigenvalue weighted by atomic mass is 10.1. The van der Waals surface area contributed by atoms with Crippen molar-refractivity contribution in [2.45, 2.75) is 20.3 Å². The van der Waals surface area contributed by atoms with E-state index < -0.39 is 0 Å². The first-order valence-corrected chi connectivity index (χ1v) is 8.38. The Morgan fingerprint density at radius 3 is 2.82 bits per heavy atom. The van der Waals surface area contributed by atoms with Gasteiger partial charge in [0.05, 0.1) is 5.56 Å². The van der Waals surface area contributed by atoms with Crippen molar-refractivity contribution >= 4 is 17.2 Å². The number of rotatable bonds is 5. The van der Waals surface area contributed by atoms with E-state index in [0.717, 1.165) is 47.0 Å². The Kier molecular flexibility index (Phi) is 4.34. The third kappa shape index (κ3) is 2.81. The summed E-state index contributed by atoms with van der Waals surface area (Å²) in [5, 5.41) is 1.93. The molecule has 1 aromatic heterocycles. The van der Waals surface area contributed by atoms with E-state index in [4.69, 9.17) is 9.47 Å². The van der Waals surface area contributed by atoms with Crippen LogP contribution in [0.25, 0.3) is 10.4 Å². The summed E-state index contributed by atoms with van der Waals surface area (Å²) in [5.41, 5.74) is 1.81. The lowest BCUT2D eigenvalue weighted by Crippen LogP contribution is -2.31. The predicted molar refractivity (Wildman–Crippen MR) is 87.7 cm³/mol. The number of ether oxygens (including phenoxy) is 2. The molecule has 1 aliphatic heterocycles. The van der Waals surface area contributed by atoms with Crippen molar-refractivity contribution in [3.8, 4) is 21.9 Å². The van der Waals surface area contributed by atoms with E-state index in [-0.39, 0.29) is 12.7 Å². The van der Waals surface area contributed by atoms with Crippen LogP contribution in [0.4, 0.5) is 0 Å². The number of benzene rings is 1. The minimum atomic E-state index is 0.104. The van der Waals surface area contributed by atoms with Gasteiger partial charge in [0.2, 0.25) is 6.79 Å². The highest BCUT2D eigenvalue weighted by molar-refractivity contribution is 7.13. The van der Waals surface area contributed by atoms with Crippen molar-refractivity contribution < 1.29 is 14.3 Å². The van der Waals surface area contributed by atoms with Crippen LogP contribution in [0.2, 0.25) is 0 Å². The summed E-state index contributed by atoms with van der Waals surface area (Å²) in [4.78, 5) is 15.4. The van der Waals surface area contributed by atoms with Gasteiger partial charge in [0, 0.05) is 23.3 Å². The van der Waals surface area contributed by atoms with Crippen LogP contribution in [-0.4, -0.2) is 30.7 Å². The van der Waals surface area contributed by atoms with E-state index in [0.29, 0.717) is 0 Å². The molecule has 22 heavy (non-hydrogen) atoms. The molecule has 0 bridgehead atoms. The van der Waals surface area contributed by atoms with Crippen LogP contribution in [0.3, 0.4) is 0 Å². The molecule has 0 fully saturated rings. The minimum Gasteiger partial charge on any atom is -0.454 e. The van der Waals surface area contributed by atoms with E-state index >= 15 is 0 Å². The van der Waals surface area contributed by atoms with Gasteiger partial charge in [-0.1, -0.05) is 6.92 Å². The molecule has 116 valence electrons. The summed E-state index contributed by atoms with van der Waals surface area (Å²) in [5.74, 6) is 1.64. The third-order valence-electron chi connectivity index (χ3n) is 3.67. The first kappa shape index (κ1) is 14.9. The van der Waals surface area contributed by atoms with Gasteiger partial charge in [0.25, 0.3) is 5.91 Å². The smallest absolute Gasteiger partial charge is 0.254 e. The molecule has 2 heterocycles. The number of carbonyl (C=O) groups excluding carboxylic acids is 1. The highest BCUT2D eigenvalue weighted by atomic mass is 32.1. The lowest BCUT2D eigenvalue weighted by molar-refractivity contribution is 0.0765. The summed E-state index contributed by atoms with van der Waals surface area (Å²) in [7, 11) is 0. The quantitative estimate of drug-likeness (QED) is 0.836. The van der Waals surface area contributed by atoms with Crippen LogP contribution in [0.15, 0.2) is 29.6 Å². The maximum atomic E-state index is 12.5. The first-order valence-electron chi connectivity index (χ1n) is 7.50. The second-order valence-corrected chi connectivity index (χ2v) is 6.06.